The summed E-state index contributed by atoms with van der Waals surface area (Å²) in [4.78, 5) is 23.3. The molecule has 0 N–H and O–H groups in total. The number of carbonyl (C=O) groups excluding carboxylic acids is 1. The lowest BCUT2D eigenvalue weighted by molar-refractivity contribution is 0.0831. The molecule has 0 unspecified atom stereocenters. The summed E-state index contributed by atoms with van der Waals surface area (Å²) in [5, 5.41) is 1.51. The number of ether oxygens (including phenoxy) is 2. The number of hydrogen-bond acceptors (Lipinski definition) is 7. The van der Waals surface area contributed by atoms with Crippen LogP contribution < -0.4 is 9.47 Å². The molecule has 1 aliphatic rings. The van der Waals surface area contributed by atoms with Crippen molar-refractivity contribution in [3.8, 4) is 11.6 Å². The van der Waals surface area contributed by atoms with Gasteiger partial charge in [0.15, 0.2) is 5.16 Å². The van der Waals surface area contributed by atoms with E-state index in [2.05, 4.69) is 9.97 Å². The van der Waals surface area contributed by atoms with Gasteiger partial charge in [0, 0.05) is 24.1 Å². The third kappa shape index (κ3) is 3.96. The minimum atomic E-state index is -0.0375. The van der Waals surface area contributed by atoms with Crippen molar-refractivity contribution < 1.29 is 14.3 Å². The van der Waals surface area contributed by atoms with Gasteiger partial charge in [0.2, 0.25) is 5.88 Å². The molecule has 1 aromatic carbocycles. The summed E-state index contributed by atoms with van der Waals surface area (Å²) in [6.07, 6.45) is 5.54. The average molecular weight is 390 g/mol. The van der Waals surface area contributed by atoms with Gasteiger partial charge < -0.3 is 14.4 Å². The molecule has 0 spiro atoms. The Labute approximate surface area is 161 Å². The van der Waals surface area contributed by atoms with Crippen LogP contribution in [0.1, 0.15) is 15.9 Å². The lowest BCUT2D eigenvalue weighted by Crippen LogP contribution is -2.26. The number of benzene rings is 1. The summed E-state index contributed by atoms with van der Waals surface area (Å²) >= 11 is 3.08. The molecule has 1 amide bonds. The van der Waals surface area contributed by atoms with Crippen LogP contribution in [-0.2, 0) is 0 Å². The van der Waals surface area contributed by atoms with Crippen LogP contribution in [0.3, 0.4) is 0 Å². The van der Waals surface area contributed by atoms with Crippen LogP contribution in [0.5, 0.6) is 11.6 Å². The Kier molecular flexibility index (Phi) is 6.05. The number of rotatable bonds is 5. The van der Waals surface area contributed by atoms with Crippen LogP contribution in [0, 0.1) is 0 Å². The summed E-state index contributed by atoms with van der Waals surface area (Å²) < 4.78 is 10.5. The second-order valence-electron chi connectivity index (χ2n) is 5.34. The van der Waals surface area contributed by atoms with E-state index < -0.39 is 0 Å². The predicted molar refractivity (Wildman–Crippen MR) is 105 cm³/mol. The minimum Gasteiger partial charge on any atom is -0.497 e. The molecule has 0 atom stereocenters. The van der Waals surface area contributed by atoms with Crippen molar-refractivity contribution in [3.63, 3.8) is 0 Å². The quantitative estimate of drug-likeness (QED) is 0.573. The first kappa shape index (κ1) is 18.6. The zero-order valence-corrected chi connectivity index (χ0v) is 16.4. The molecule has 0 aliphatic carbocycles. The van der Waals surface area contributed by atoms with Gasteiger partial charge in [0.1, 0.15) is 5.75 Å². The predicted octanol–water partition coefficient (Wildman–Crippen LogP) is 3.40. The summed E-state index contributed by atoms with van der Waals surface area (Å²) in [5.74, 6) is 2.04. The number of aromatic nitrogens is 2. The van der Waals surface area contributed by atoms with Crippen LogP contribution in [0.4, 0.5) is 0 Å². The number of carbonyl (C=O) groups is 1. The van der Waals surface area contributed by atoms with Gasteiger partial charge in [-0.15, -0.1) is 11.8 Å². The molecular weight excluding hydrogens is 370 g/mol. The van der Waals surface area contributed by atoms with Gasteiger partial charge in [-0.2, -0.15) is 4.98 Å². The number of amides is 1. The van der Waals surface area contributed by atoms with E-state index in [4.69, 9.17) is 9.47 Å². The molecule has 0 saturated carbocycles. The van der Waals surface area contributed by atoms with E-state index in [0.717, 1.165) is 22.1 Å². The Morgan fingerprint density at radius 2 is 2.04 bits per heavy atom. The lowest BCUT2D eigenvalue weighted by atomic mass is 10.2. The van der Waals surface area contributed by atoms with Crippen molar-refractivity contribution in [2.24, 2.45) is 0 Å². The number of thioether (sulfide) groups is 2. The van der Waals surface area contributed by atoms with Crippen molar-refractivity contribution in [3.05, 3.63) is 46.6 Å². The minimum absolute atomic E-state index is 0.0375. The highest BCUT2D eigenvalue weighted by molar-refractivity contribution is 8.03. The summed E-state index contributed by atoms with van der Waals surface area (Å²) in [5.41, 5.74) is 1.38. The molecule has 6 nitrogen and oxygen atoms in total. The highest BCUT2D eigenvalue weighted by atomic mass is 32.2. The van der Waals surface area contributed by atoms with Gasteiger partial charge in [-0.05, 0) is 36.6 Å². The molecule has 1 aromatic heterocycles. The molecule has 1 fully saturated rings. The molecule has 1 saturated heterocycles. The zero-order chi connectivity index (χ0) is 18.5. The van der Waals surface area contributed by atoms with Crippen molar-refractivity contribution >= 4 is 35.5 Å². The maximum absolute atomic E-state index is 12.9. The molecule has 8 heteroatoms. The third-order valence-corrected chi connectivity index (χ3v) is 5.41. The van der Waals surface area contributed by atoms with E-state index in [-0.39, 0.29) is 5.91 Å². The Balaban J connectivity index is 1.87. The molecule has 26 heavy (non-hydrogen) atoms. The second kappa shape index (κ2) is 8.46. The van der Waals surface area contributed by atoms with Crippen LogP contribution in [-0.4, -0.2) is 53.5 Å². The zero-order valence-electron chi connectivity index (χ0n) is 14.8. The number of methoxy groups -OCH3 is 2. The fourth-order valence-corrected chi connectivity index (χ4v) is 3.85. The first-order chi connectivity index (χ1) is 12.7. The van der Waals surface area contributed by atoms with Gasteiger partial charge in [-0.3, -0.25) is 4.79 Å². The monoisotopic (exact) mass is 389 g/mol. The van der Waals surface area contributed by atoms with E-state index in [1.807, 2.05) is 12.3 Å². The standard InChI is InChI=1S/C18H19N3O3S2/c1-23-14-6-4-12(5-7-14)17(22)21-8-9-26-15(21)10-13-11-19-18(25-3)20-16(13)24-2/h4-7,10-11H,8-9H2,1-3H3/b15-10+. The Hall–Kier alpha value is -2.19. The van der Waals surface area contributed by atoms with Crippen molar-refractivity contribution in [2.45, 2.75) is 5.16 Å². The molecule has 2 heterocycles. The van der Waals surface area contributed by atoms with Gasteiger partial charge in [0.05, 0.1) is 24.8 Å². The lowest BCUT2D eigenvalue weighted by Gasteiger charge is -2.17. The molecule has 1 aliphatic heterocycles. The van der Waals surface area contributed by atoms with Crippen molar-refractivity contribution in [1.82, 2.24) is 14.9 Å². The summed E-state index contributed by atoms with van der Waals surface area (Å²) in [7, 11) is 3.18. The van der Waals surface area contributed by atoms with E-state index in [1.165, 1.54) is 11.8 Å². The maximum atomic E-state index is 12.9. The van der Waals surface area contributed by atoms with Crippen molar-refractivity contribution in [2.75, 3.05) is 32.8 Å². The van der Waals surface area contributed by atoms with Gasteiger partial charge >= 0.3 is 0 Å². The molecular formula is C18H19N3O3S2. The Morgan fingerprint density at radius 3 is 2.69 bits per heavy atom. The second-order valence-corrected chi connectivity index (χ2v) is 7.23. The van der Waals surface area contributed by atoms with Crippen LogP contribution in [0.15, 0.2) is 40.6 Å². The highest BCUT2D eigenvalue weighted by Gasteiger charge is 2.25. The fraction of sp³-hybridized carbons (Fsp3) is 0.278. The van der Waals surface area contributed by atoms with E-state index >= 15 is 0 Å². The molecule has 0 radical (unpaired) electrons. The van der Waals surface area contributed by atoms with Crippen LogP contribution >= 0.6 is 23.5 Å². The average Bonchev–Trinajstić information content (AvgIpc) is 3.16. The molecule has 136 valence electrons. The number of hydrogen-bond donors (Lipinski definition) is 0. The summed E-state index contributed by atoms with van der Waals surface area (Å²) in [6.45, 7) is 0.660. The molecule has 3 rings (SSSR count). The fourth-order valence-electron chi connectivity index (χ4n) is 2.49. The third-order valence-electron chi connectivity index (χ3n) is 3.83. The largest absolute Gasteiger partial charge is 0.497 e. The SMILES string of the molecule is COc1ccc(C(=O)N2CCS/C2=C/c2cnc(SC)nc2OC)cc1. The van der Waals surface area contributed by atoms with Crippen LogP contribution in [0.25, 0.3) is 6.08 Å². The Morgan fingerprint density at radius 1 is 1.27 bits per heavy atom. The summed E-state index contributed by atoms with van der Waals surface area (Å²) in [6, 6.07) is 7.13. The normalized spacial score (nSPS) is 15.3. The molecule has 2 aromatic rings. The number of nitrogens with zero attached hydrogens (tertiary/aromatic N) is 3. The van der Waals surface area contributed by atoms with E-state index in [9.17, 15) is 4.79 Å². The smallest absolute Gasteiger partial charge is 0.258 e. The van der Waals surface area contributed by atoms with Crippen molar-refractivity contribution in [1.29, 1.82) is 0 Å². The van der Waals surface area contributed by atoms with Gasteiger partial charge in [-0.25, -0.2) is 4.98 Å². The van der Waals surface area contributed by atoms with E-state index in [1.54, 1.807) is 61.3 Å². The van der Waals surface area contributed by atoms with E-state index in [0.29, 0.717) is 23.1 Å². The molecule has 0 bridgehead atoms. The maximum Gasteiger partial charge on any atom is 0.258 e. The van der Waals surface area contributed by atoms with Gasteiger partial charge in [0.25, 0.3) is 5.91 Å². The first-order valence-corrected chi connectivity index (χ1v) is 10.1. The topological polar surface area (TPSA) is 64.5 Å². The van der Waals surface area contributed by atoms with Gasteiger partial charge in [-0.1, -0.05) is 11.8 Å². The van der Waals surface area contributed by atoms with Crippen LogP contribution in [0.2, 0.25) is 0 Å². The highest BCUT2D eigenvalue weighted by Crippen LogP contribution is 2.33. The first-order valence-electron chi connectivity index (χ1n) is 7.91. The Bertz CT molecular complexity index is 825.